The Morgan fingerprint density at radius 1 is 1.10 bits per heavy atom. The molecule has 0 aromatic rings. The number of aliphatic hydroxyl groups is 4. The van der Waals surface area contributed by atoms with Crippen molar-refractivity contribution in [1.29, 1.82) is 0 Å². The molecule has 29 heavy (non-hydrogen) atoms. The Hall–Kier alpha value is -0.860. The summed E-state index contributed by atoms with van der Waals surface area (Å²) in [6.07, 6.45) is -0.337. The van der Waals surface area contributed by atoms with Crippen molar-refractivity contribution < 1.29 is 34.8 Å². The highest BCUT2D eigenvalue weighted by atomic mass is 16.6. The van der Waals surface area contributed by atoms with Gasteiger partial charge in [-0.3, -0.25) is 9.59 Å². The molecule has 0 heterocycles. The zero-order chi connectivity index (χ0) is 23.0. The average molecular weight is 419 g/mol. The predicted molar refractivity (Wildman–Crippen MR) is 111 cm³/mol. The molecule has 0 rings (SSSR count). The van der Waals surface area contributed by atoms with Crippen molar-refractivity contribution in [1.82, 2.24) is 0 Å². The fraction of sp³-hybridized carbons (Fsp3) is 0.909. The summed E-state index contributed by atoms with van der Waals surface area (Å²) < 4.78 is 4.97. The Bertz CT molecular complexity index is 515. The van der Waals surface area contributed by atoms with Gasteiger partial charge in [0.25, 0.3) is 0 Å². The SMILES string of the molecule is CCC(O)C(C)(C)C(=O)C(C)C(O)C(C)CCCC(C)(O)CC(OCO)C(C)=O. The number of carbonyl (C=O) groups is 2. The smallest absolute Gasteiger partial charge is 0.158 e. The topological polar surface area (TPSA) is 124 Å². The molecule has 0 radical (unpaired) electrons. The molecular formula is C22H42O7. The highest BCUT2D eigenvalue weighted by molar-refractivity contribution is 5.87. The van der Waals surface area contributed by atoms with Crippen molar-refractivity contribution in [2.75, 3.05) is 6.79 Å². The third-order valence-electron chi connectivity index (χ3n) is 6.09. The molecule has 172 valence electrons. The molecule has 7 nitrogen and oxygen atoms in total. The van der Waals surface area contributed by atoms with Crippen LogP contribution in [0.3, 0.4) is 0 Å². The summed E-state index contributed by atoms with van der Waals surface area (Å²) in [5.41, 5.74) is -2.07. The number of ether oxygens (including phenoxy) is 1. The van der Waals surface area contributed by atoms with Gasteiger partial charge in [-0.1, -0.05) is 41.0 Å². The maximum Gasteiger partial charge on any atom is 0.158 e. The maximum atomic E-state index is 12.8. The molecule has 6 atom stereocenters. The Balaban J connectivity index is 4.74. The van der Waals surface area contributed by atoms with Crippen molar-refractivity contribution in [2.45, 2.75) is 104 Å². The lowest BCUT2D eigenvalue weighted by Gasteiger charge is -2.34. The number of rotatable bonds is 15. The summed E-state index contributed by atoms with van der Waals surface area (Å²) in [6, 6.07) is 0. The van der Waals surface area contributed by atoms with Crippen LogP contribution in [-0.4, -0.2) is 62.7 Å². The quantitative estimate of drug-likeness (QED) is 0.301. The monoisotopic (exact) mass is 418 g/mol. The van der Waals surface area contributed by atoms with Gasteiger partial charge in [-0.2, -0.15) is 0 Å². The Kier molecular flexibility index (Phi) is 11.7. The number of Topliss-reactive ketones (excluding diaryl/α,β-unsaturated/α-hetero) is 2. The second-order valence-corrected chi connectivity index (χ2v) is 9.25. The fourth-order valence-corrected chi connectivity index (χ4v) is 3.80. The van der Waals surface area contributed by atoms with Gasteiger partial charge in [-0.15, -0.1) is 0 Å². The van der Waals surface area contributed by atoms with Gasteiger partial charge in [-0.25, -0.2) is 0 Å². The highest BCUT2D eigenvalue weighted by Gasteiger charge is 2.40. The van der Waals surface area contributed by atoms with Crippen LogP contribution in [0.25, 0.3) is 0 Å². The van der Waals surface area contributed by atoms with Crippen LogP contribution in [0.5, 0.6) is 0 Å². The lowest BCUT2D eigenvalue weighted by Crippen LogP contribution is -2.44. The van der Waals surface area contributed by atoms with Crippen LogP contribution in [0.4, 0.5) is 0 Å². The van der Waals surface area contributed by atoms with Crippen LogP contribution in [-0.2, 0) is 14.3 Å². The summed E-state index contributed by atoms with van der Waals surface area (Å²) in [5, 5.41) is 40.2. The highest BCUT2D eigenvalue weighted by Crippen LogP contribution is 2.32. The van der Waals surface area contributed by atoms with E-state index in [-0.39, 0.29) is 23.9 Å². The third-order valence-corrected chi connectivity index (χ3v) is 6.09. The molecule has 7 heteroatoms. The molecule has 0 aliphatic rings. The van der Waals surface area contributed by atoms with E-state index < -0.39 is 42.0 Å². The first-order valence-electron chi connectivity index (χ1n) is 10.6. The van der Waals surface area contributed by atoms with Crippen LogP contribution < -0.4 is 0 Å². The molecule has 0 saturated carbocycles. The molecule has 0 aromatic carbocycles. The van der Waals surface area contributed by atoms with Gasteiger partial charge in [-0.05, 0) is 39.0 Å². The molecule has 0 fully saturated rings. The minimum atomic E-state index is -1.15. The zero-order valence-corrected chi connectivity index (χ0v) is 19.1. The molecule has 6 unspecified atom stereocenters. The molecule has 0 amide bonds. The van der Waals surface area contributed by atoms with Gasteiger partial charge in [0.1, 0.15) is 18.7 Å². The van der Waals surface area contributed by atoms with Gasteiger partial charge in [0.05, 0.1) is 17.8 Å². The maximum absolute atomic E-state index is 12.8. The molecule has 4 N–H and O–H groups in total. The van der Waals surface area contributed by atoms with Crippen LogP contribution in [0, 0.1) is 17.3 Å². The number of aliphatic hydroxyl groups excluding tert-OH is 3. The summed E-state index contributed by atoms with van der Waals surface area (Å²) in [5.74, 6) is -1.20. The molecule has 0 saturated heterocycles. The number of ketones is 2. The molecular weight excluding hydrogens is 376 g/mol. The van der Waals surface area contributed by atoms with Crippen molar-refractivity contribution in [3.05, 3.63) is 0 Å². The minimum Gasteiger partial charge on any atom is -0.392 e. The standard InChI is InChI=1S/C22H42O7/c1-8-18(25)21(5,6)20(27)15(3)19(26)14(2)10-9-11-22(7,28)12-17(16(4)24)29-13-23/h14-15,17-19,23,25-26,28H,8-13H2,1-7H3. The Morgan fingerprint density at radius 2 is 1.66 bits per heavy atom. The van der Waals surface area contributed by atoms with Crippen molar-refractivity contribution >= 4 is 11.6 Å². The summed E-state index contributed by atoms with van der Waals surface area (Å²) in [4.78, 5) is 24.3. The van der Waals surface area contributed by atoms with Crippen molar-refractivity contribution in [3.63, 3.8) is 0 Å². The van der Waals surface area contributed by atoms with E-state index in [0.717, 1.165) is 0 Å². The van der Waals surface area contributed by atoms with E-state index in [0.29, 0.717) is 25.7 Å². The largest absolute Gasteiger partial charge is 0.392 e. The molecule has 0 aliphatic heterocycles. The summed E-state index contributed by atoms with van der Waals surface area (Å²) in [7, 11) is 0. The van der Waals surface area contributed by atoms with Crippen LogP contribution in [0.1, 0.15) is 80.6 Å². The zero-order valence-electron chi connectivity index (χ0n) is 19.1. The van der Waals surface area contributed by atoms with E-state index in [1.807, 2.05) is 13.8 Å². The Labute approximate surface area is 175 Å². The molecule has 0 aliphatic carbocycles. The lowest BCUT2D eigenvalue weighted by atomic mass is 9.73. The van der Waals surface area contributed by atoms with E-state index >= 15 is 0 Å². The fourth-order valence-electron chi connectivity index (χ4n) is 3.80. The minimum absolute atomic E-state index is 0.0812. The molecule has 0 bridgehead atoms. The molecule has 0 spiro atoms. The van der Waals surface area contributed by atoms with Crippen molar-refractivity contribution in [2.24, 2.45) is 17.3 Å². The first kappa shape index (κ1) is 28.1. The van der Waals surface area contributed by atoms with Crippen LogP contribution >= 0.6 is 0 Å². The van der Waals surface area contributed by atoms with Gasteiger partial charge in [0.15, 0.2) is 5.78 Å². The predicted octanol–water partition coefficient (Wildman–Crippen LogP) is 2.22. The van der Waals surface area contributed by atoms with Crippen LogP contribution in [0.15, 0.2) is 0 Å². The van der Waals surface area contributed by atoms with E-state index in [1.54, 1.807) is 27.7 Å². The van der Waals surface area contributed by atoms with E-state index in [2.05, 4.69) is 0 Å². The number of hydrogen-bond donors (Lipinski definition) is 4. The first-order chi connectivity index (χ1) is 13.2. The van der Waals surface area contributed by atoms with E-state index in [4.69, 9.17) is 9.84 Å². The number of hydrogen-bond acceptors (Lipinski definition) is 7. The van der Waals surface area contributed by atoms with E-state index in [9.17, 15) is 24.9 Å². The van der Waals surface area contributed by atoms with Crippen LogP contribution in [0.2, 0.25) is 0 Å². The normalized spacial score (nSPS) is 19.7. The first-order valence-corrected chi connectivity index (χ1v) is 10.6. The lowest BCUT2D eigenvalue weighted by molar-refractivity contribution is -0.142. The second-order valence-electron chi connectivity index (χ2n) is 9.25. The van der Waals surface area contributed by atoms with Crippen molar-refractivity contribution in [3.8, 4) is 0 Å². The average Bonchev–Trinajstić information content (AvgIpc) is 2.64. The van der Waals surface area contributed by atoms with E-state index in [1.165, 1.54) is 6.92 Å². The summed E-state index contributed by atoms with van der Waals surface area (Å²) in [6.45, 7) is 11.2. The van der Waals surface area contributed by atoms with Gasteiger partial charge < -0.3 is 25.2 Å². The number of carbonyl (C=O) groups excluding carboxylic acids is 2. The summed E-state index contributed by atoms with van der Waals surface area (Å²) >= 11 is 0. The third kappa shape index (κ3) is 8.80. The van der Waals surface area contributed by atoms with Gasteiger partial charge >= 0.3 is 0 Å². The van der Waals surface area contributed by atoms with Gasteiger partial charge in [0.2, 0.25) is 0 Å². The molecule has 0 aromatic heterocycles. The van der Waals surface area contributed by atoms with Gasteiger partial charge in [0, 0.05) is 17.8 Å². The second kappa shape index (κ2) is 12.1. The Morgan fingerprint density at radius 3 is 2.10 bits per heavy atom.